The van der Waals surface area contributed by atoms with E-state index in [0.717, 1.165) is 43.2 Å². The van der Waals surface area contributed by atoms with Crippen LogP contribution in [-0.4, -0.2) is 122 Å². The third-order valence-corrected chi connectivity index (χ3v) is 10.7. The number of ether oxygens (including phenoxy) is 1. The number of carbonyl (C=O) groups excluding carboxylic acids is 3. The Bertz CT molecular complexity index is 1540. The number of piperazine rings is 1. The lowest BCUT2D eigenvalue weighted by molar-refractivity contribution is -0.143. The van der Waals surface area contributed by atoms with Crippen molar-refractivity contribution in [3.05, 3.63) is 58.1 Å². The molecule has 0 spiro atoms. The normalized spacial score (nSPS) is 20.5. The zero-order valence-electron chi connectivity index (χ0n) is 28.2. The van der Waals surface area contributed by atoms with Crippen LogP contribution in [0.4, 0.5) is 34.1 Å². The van der Waals surface area contributed by atoms with Crippen LogP contribution < -0.4 is 16.0 Å². The van der Waals surface area contributed by atoms with Crippen molar-refractivity contribution in [2.24, 2.45) is 0 Å². The summed E-state index contributed by atoms with van der Waals surface area (Å²) >= 11 is 6.28. The molecule has 0 aliphatic carbocycles. The van der Waals surface area contributed by atoms with Crippen LogP contribution in [0.15, 0.2) is 36.4 Å². The molecule has 6 rings (SSSR count). The summed E-state index contributed by atoms with van der Waals surface area (Å²) in [7, 11) is 1.36. The van der Waals surface area contributed by atoms with Crippen molar-refractivity contribution in [1.82, 2.24) is 24.9 Å². The van der Waals surface area contributed by atoms with E-state index in [1.165, 1.54) is 18.0 Å². The molecule has 0 radical (unpaired) electrons. The molecule has 0 bridgehead atoms. The van der Waals surface area contributed by atoms with E-state index in [2.05, 4.69) is 20.9 Å². The second-order valence-electron chi connectivity index (χ2n) is 13.4. The van der Waals surface area contributed by atoms with Crippen molar-refractivity contribution in [2.75, 3.05) is 76.6 Å². The van der Waals surface area contributed by atoms with E-state index in [1.54, 1.807) is 4.90 Å². The molecule has 0 aromatic heterocycles. The molecule has 4 aliphatic heterocycles. The van der Waals surface area contributed by atoms with Gasteiger partial charge in [-0.1, -0.05) is 29.8 Å². The van der Waals surface area contributed by atoms with E-state index < -0.39 is 29.8 Å². The van der Waals surface area contributed by atoms with Gasteiger partial charge in [-0.05, 0) is 74.5 Å². The minimum Gasteiger partial charge on any atom is -0.436 e. The number of benzene rings is 2. The predicted octanol–water partition coefficient (Wildman–Crippen LogP) is 4.90. The number of piperidine rings is 2. The first-order chi connectivity index (χ1) is 24.0. The van der Waals surface area contributed by atoms with Gasteiger partial charge in [-0.15, -0.1) is 0 Å². The second kappa shape index (κ2) is 15.6. The second-order valence-corrected chi connectivity index (χ2v) is 13.8. The monoisotopic (exact) mass is 719 g/mol. The van der Waals surface area contributed by atoms with Crippen molar-refractivity contribution >= 4 is 41.0 Å². The predicted molar refractivity (Wildman–Crippen MR) is 184 cm³/mol. The van der Waals surface area contributed by atoms with E-state index in [9.17, 15) is 27.6 Å². The Morgan fingerprint density at radius 1 is 0.960 bits per heavy atom. The van der Waals surface area contributed by atoms with Crippen LogP contribution in [0.25, 0.3) is 0 Å². The van der Waals surface area contributed by atoms with Gasteiger partial charge in [0.2, 0.25) is 0 Å². The number of nitrogens with one attached hydrogen (secondary N) is 3. The van der Waals surface area contributed by atoms with Crippen LogP contribution in [0.1, 0.15) is 42.4 Å². The van der Waals surface area contributed by atoms with Gasteiger partial charge < -0.3 is 35.4 Å². The minimum absolute atomic E-state index is 0.0874. The molecular weight excluding hydrogens is 675 g/mol. The molecule has 0 unspecified atom stereocenters. The van der Waals surface area contributed by atoms with E-state index in [4.69, 9.17) is 16.3 Å². The number of amides is 4. The third kappa shape index (κ3) is 8.24. The summed E-state index contributed by atoms with van der Waals surface area (Å²) in [5.74, 6) is -0.443. The van der Waals surface area contributed by atoms with Crippen molar-refractivity contribution in [1.29, 1.82) is 0 Å². The van der Waals surface area contributed by atoms with Gasteiger partial charge in [-0.25, -0.2) is 9.59 Å². The van der Waals surface area contributed by atoms with Crippen LogP contribution >= 0.6 is 11.6 Å². The SMILES string of the molecule is CNc1c(Cl)cc(C[C@@H](OC(=O)N2CCC(N3CCc4ccccc4NC3=O)CC2)C(=O)N2CCN(C3CCNCC3)CC2)cc1C(F)(F)F. The molecule has 50 heavy (non-hydrogen) atoms. The smallest absolute Gasteiger partial charge is 0.418 e. The quantitative estimate of drug-likeness (QED) is 0.374. The molecule has 3 saturated heterocycles. The molecule has 3 fully saturated rings. The number of nitrogens with zero attached hydrogens (tertiary/aromatic N) is 4. The summed E-state index contributed by atoms with van der Waals surface area (Å²) in [6.45, 7) is 5.25. The molecule has 272 valence electrons. The number of fused-ring (bicyclic) bond motifs is 1. The van der Waals surface area contributed by atoms with Gasteiger partial charge in [0, 0.05) is 77.1 Å². The molecule has 1 atom stereocenters. The van der Waals surface area contributed by atoms with E-state index in [-0.39, 0.29) is 34.8 Å². The largest absolute Gasteiger partial charge is 0.436 e. The molecule has 11 nitrogen and oxygen atoms in total. The molecule has 4 aliphatic rings. The van der Waals surface area contributed by atoms with Crippen molar-refractivity contribution in [3.8, 4) is 0 Å². The van der Waals surface area contributed by atoms with Crippen LogP contribution in [-0.2, 0) is 28.5 Å². The van der Waals surface area contributed by atoms with Crippen molar-refractivity contribution < 1.29 is 32.3 Å². The number of rotatable bonds is 7. The van der Waals surface area contributed by atoms with Gasteiger partial charge in [-0.2, -0.15) is 13.2 Å². The average Bonchev–Trinajstić information content (AvgIpc) is 3.29. The lowest BCUT2D eigenvalue weighted by Gasteiger charge is -2.41. The van der Waals surface area contributed by atoms with Crippen LogP contribution in [0.5, 0.6) is 0 Å². The highest BCUT2D eigenvalue weighted by atomic mass is 35.5. The van der Waals surface area contributed by atoms with E-state index in [1.807, 2.05) is 29.2 Å². The minimum atomic E-state index is -4.70. The highest BCUT2D eigenvalue weighted by Gasteiger charge is 2.38. The maximum Gasteiger partial charge on any atom is 0.418 e. The number of carbonyl (C=O) groups is 3. The Labute approximate surface area is 295 Å². The van der Waals surface area contributed by atoms with Crippen LogP contribution in [0.3, 0.4) is 0 Å². The number of halogens is 4. The highest BCUT2D eigenvalue weighted by molar-refractivity contribution is 6.33. The van der Waals surface area contributed by atoms with Gasteiger partial charge in [0.25, 0.3) is 5.91 Å². The number of anilines is 2. The Kier molecular flexibility index (Phi) is 11.3. The Balaban J connectivity index is 1.13. The third-order valence-electron chi connectivity index (χ3n) is 10.4. The summed E-state index contributed by atoms with van der Waals surface area (Å²) in [5.41, 5.74) is 0.776. The van der Waals surface area contributed by atoms with Gasteiger partial charge in [0.1, 0.15) is 0 Å². The molecule has 2 aromatic carbocycles. The summed E-state index contributed by atoms with van der Waals surface area (Å²) < 4.78 is 47.9. The molecule has 0 saturated carbocycles. The molecular formula is C35H45ClF3N7O4. The first kappa shape index (κ1) is 36.1. The topological polar surface area (TPSA) is 109 Å². The maximum absolute atomic E-state index is 14.0. The van der Waals surface area contributed by atoms with Gasteiger partial charge in [0.15, 0.2) is 6.10 Å². The van der Waals surface area contributed by atoms with Gasteiger partial charge >= 0.3 is 18.3 Å². The number of hydrogen-bond donors (Lipinski definition) is 3. The summed E-state index contributed by atoms with van der Waals surface area (Å²) in [6.07, 6.45) is -3.21. The number of urea groups is 1. The average molecular weight is 720 g/mol. The maximum atomic E-state index is 14.0. The van der Waals surface area contributed by atoms with Gasteiger partial charge in [-0.3, -0.25) is 9.69 Å². The molecule has 2 aromatic rings. The Hall–Kier alpha value is -3.75. The standard InChI is InChI=1S/C35H45ClF3N7O4/c1-40-31-27(35(37,38)39)20-23(21-28(31)36)22-30(32(47)44-18-16-43(17-19-44)25-6-11-41-12-7-25)50-34(49)45-13-9-26(10-14-45)46-15-8-24-4-2-3-5-29(24)42-33(46)48/h2-5,20-21,25-26,30,40-41H,6-19,22H2,1H3,(H,42,48)/t30-/m1/s1. The first-order valence-corrected chi connectivity index (χ1v) is 17.8. The first-order valence-electron chi connectivity index (χ1n) is 17.4. The molecule has 3 N–H and O–H groups in total. The molecule has 4 amide bonds. The van der Waals surface area contributed by atoms with Gasteiger partial charge in [0.05, 0.1) is 16.3 Å². The zero-order valence-corrected chi connectivity index (χ0v) is 29.0. The Morgan fingerprint density at radius 2 is 1.66 bits per heavy atom. The van der Waals surface area contributed by atoms with Crippen molar-refractivity contribution in [3.63, 3.8) is 0 Å². The van der Waals surface area contributed by atoms with Crippen LogP contribution in [0, 0.1) is 0 Å². The lowest BCUT2D eigenvalue weighted by atomic mass is 10.0. The molecule has 4 heterocycles. The highest BCUT2D eigenvalue weighted by Crippen LogP contribution is 2.40. The zero-order chi connectivity index (χ0) is 35.4. The fourth-order valence-electron chi connectivity index (χ4n) is 7.63. The number of hydrogen-bond acceptors (Lipinski definition) is 7. The summed E-state index contributed by atoms with van der Waals surface area (Å²) in [4.78, 5) is 48.0. The number of para-hydroxylation sites is 1. The van der Waals surface area contributed by atoms with Crippen LogP contribution in [0.2, 0.25) is 5.02 Å². The lowest BCUT2D eigenvalue weighted by Crippen LogP contribution is -2.56. The Morgan fingerprint density at radius 3 is 2.34 bits per heavy atom. The fourth-order valence-corrected chi connectivity index (χ4v) is 7.97. The molecule has 15 heteroatoms. The number of likely N-dealkylation sites (tertiary alicyclic amines) is 1. The number of alkyl halides is 3. The summed E-state index contributed by atoms with van der Waals surface area (Å²) in [5, 5.41) is 8.73. The summed E-state index contributed by atoms with van der Waals surface area (Å²) in [6, 6.07) is 10.2. The van der Waals surface area contributed by atoms with Crippen molar-refractivity contribution in [2.45, 2.75) is 62.9 Å². The van der Waals surface area contributed by atoms with E-state index in [0.29, 0.717) is 71.1 Å². The van der Waals surface area contributed by atoms with E-state index >= 15 is 0 Å². The fraction of sp³-hybridized carbons (Fsp3) is 0.571.